The van der Waals surface area contributed by atoms with Crippen LogP contribution in [0, 0.1) is 5.92 Å². The highest BCUT2D eigenvalue weighted by Crippen LogP contribution is 2.22. The van der Waals surface area contributed by atoms with Crippen molar-refractivity contribution < 1.29 is 4.79 Å². The molecule has 1 fully saturated rings. The first-order valence-electron chi connectivity index (χ1n) is 7.89. The summed E-state index contributed by atoms with van der Waals surface area (Å²) in [6, 6.07) is 6.55. The first kappa shape index (κ1) is 13.6. The van der Waals surface area contributed by atoms with Crippen molar-refractivity contribution in [2.24, 2.45) is 5.92 Å². The molecule has 1 amide bonds. The maximum Gasteiger partial charge on any atom is 0.224 e. The van der Waals surface area contributed by atoms with Crippen LogP contribution in [0.3, 0.4) is 0 Å². The highest BCUT2D eigenvalue weighted by Gasteiger charge is 2.15. The van der Waals surface area contributed by atoms with Crippen LogP contribution in [-0.2, 0) is 24.1 Å². The van der Waals surface area contributed by atoms with Crippen LogP contribution >= 0.6 is 0 Å². The summed E-state index contributed by atoms with van der Waals surface area (Å²) < 4.78 is 0. The second-order valence-electron chi connectivity index (χ2n) is 6.15. The van der Waals surface area contributed by atoms with Gasteiger partial charge in [0.15, 0.2) is 0 Å². The van der Waals surface area contributed by atoms with Crippen LogP contribution < -0.4 is 10.6 Å². The Balaban J connectivity index is 1.48. The number of carbonyl (C=O) groups is 1. The number of aryl methyl sites for hydroxylation is 2. The van der Waals surface area contributed by atoms with E-state index < -0.39 is 0 Å². The Morgan fingerprint density at radius 2 is 2.15 bits per heavy atom. The number of rotatable bonds is 4. The maximum absolute atomic E-state index is 12.0. The van der Waals surface area contributed by atoms with Gasteiger partial charge in [0.25, 0.3) is 0 Å². The maximum atomic E-state index is 12.0. The normalized spacial score (nSPS) is 21.5. The van der Waals surface area contributed by atoms with E-state index in [4.69, 9.17) is 0 Å². The Morgan fingerprint density at radius 3 is 3.00 bits per heavy atom. The molecule has 0 unspecified atom stereocenters. The van der Waals surface area contributed by atoms with Gasteiger partial charge in [-0.3, -0.25) is 4.79 Å². The fourth-order valence-corrected chi connectivity index (χ4v) is 3.34. The number of carbonyl (C=O) groups excluding carboxylic acids is 1. The molecule has 3 rings (SSSR count). The van der Waals surface area contributed by atoms with Crippen molar-refractivity contribution in [2.75, 3.05) is 19.6 Å². The second-order valence-corrected chi connectivity index (χ2v) is 6.15. The van der Waals surface area contributed by atoms with Crippen molar-refractivity contribution in [1.82, 2.24) is 10.6 Å². The first-order chi connectivity index (χ1) is 9.81. The lowest BCUT2D eigenvalue weighted by molar-refractivity contribution is -0.120. The van der Waals surface area contributed by atoms with E-state index in [0.29, 0.717) is 12.3 Å². The van der Waals surface area contributed by atoms with E-state index in [1.807, 2.05) is 0 Å². The number of nitrogens with one attached hydrogen (secondary N) is 2. The number of benzene rings is 1. The fourth-order valence-electron chi connectivity index (χ4n) is 3.34. The number of fused-ring (bicyclic) bond motifs is 1. The average molecular weight is 272 g/mol. The molecule has 1 aromatic carbocycles. The van der Waals surface area contributed by atoms with Crippen molar-refractivity contribution in [3.05, 3.63) is 34.9 Å². The molecule has 2 aliphatic rings. The van der Waals surface area contributed by atoms with Gasteiger partial charge in [0, 0.05) is 6.54 Å². The number of piperidine rings is 1. The minimum absolute atomic E-state index is 0.161. The minimum Gasteiger partial charge on any atom is -0.355 e. The van der Waals surface area contributed by atoms with E-state index in [2.05, 4.69) is 28.8 Å². The largest absolute Gasteiger partial charge is 0.355 e. The van der Waals surface area contributed by atoms with Crippen LogP contribution in [0.15, 0.2) is 18.2 Å². The third-order valence-corrected chi connectivity index (χ3v) is 4.51. The van der Waals surface area contributed by atoms with E-state index >= 15 is 0 Å². The molecule has 0 radical (unpaired) electrons. The SMILES string of the molecule is O=C(Cc1ccc2c(c1)CCC2)NC[C@@H]1CCCNC1. The van der Waals surface area contributed by atoms with Gasteiger partial charge in [0.1, 0.15) is 0 Å². The van der Waals surface area contributed by atoms with E-state index in [1.165, 1.54) is 43.2 Å². The van der Waals surface area contributed by atoms with Crippen LogP contribution in [0.2, 0.25) is 0 Å². The summed E-state index contributed by atoms with van der Waals surface area (Å²) in [7, 11) is 0. The molecule has 0 spiro atoms. The summed E-state index contributed by atoms with van der Waals surface area (Å²) in [6.45, 7) is 2.98. The summed E-state index contributed by atoms with van der Waals surface area (Å²) in [6.07, 6.45) is 6.62. The van der Waals surface area contributed by atoms with Crippen LogP contribution in [0.1, 0.15) is 36.0 Å². The average Bonchev–Trinajstić information content (AvgIpc) is 2.94. The lowest BCUT2D eigenvalue weighted by Crippen LogP contribution is -2.38. The lowest BCUT2D eigenvalue weighted by Gasteiger charge is -2.22. The molecule has 0 saturated carbocycles. The Morgan fingerprint density at radius 1 is 1.25 bits per heavy atom. The zero-order valence-electron chi connectivity index (χ0n) is 12.1. The van der Waals surface area contributed by atoms with Crippen molar-refractivity contribution in [2.45, 2.75) is 38.5 Å². The number of hydrogen-bond acceptors (Lipinski definition) is 2. The molecule has 1 aliphatic carbocycles. The van der Waals surface area contributed by atoms with Crippen LogP contribution in [-0.4, -0.2) is 25.5 Å². The Hall–Kier alpha value is -1.35. The summed E-state index contributed by atoms with van der Waals surface area (Å²) in [5, 5.41) is 6.47. The van der Waals surface area contributed by atoms with Crippen LogP contribution in [0.5, 0.6) is 0 Å². The molecular formula is C17H24N2O. The van der Waals surface area contributed by atoms with Crippen molar-refractivity contribution in [3.63, 3.8) is 0 Å². The van der Waals surface area contributed by atoms with Gasteiger partial charge in [-0.25, -0.2) is 0 Å². The molecule has 1 heterocycles. The molecule has 0 aromatic heterocycles. The quantitative estimate of drug-likeness (QED) is 0.878. The first-order valence-corrected chi connectivity index (χ1v) is 7.89. The molecule has 1 aliphatic heterocycles. The summed E-state index contributed by atoms with van der Waals surface area (Å²) in [5.41, 5.74) is 4.08. The molecule has 3 heteroatoms. The molecule has 2 N–H and O–H groups in total. The van der Waals surface area contributed by atoms with E-state index in [9.17, 15) is 4.79 Å². The van der Waals surface area contributed by atoms with Gasteiger partial charge in [-0.2, -0.15) is 0 Å². The zero-order chi connectivity index (χ0) is 13.8. The monoisotopic (exact) mass is 272 g/mol. The molecule has 1 atom stereocenters. The van der Waals surface area contributed by atoms with E-state index in [1.54, 1.807) is 0 Å². The highest BCUT2D eigenvalue weighted by molar-refractivity contribution is 5.78. The predicted octanol–water partition coefficient (Wildman–Crippen LogP) is 1.83. The van der Waals surface area contributed by atoms with Crippen molar-refractivity contribution in [1.29, 1.82) is 0 Å². The van der Waals surface area contributed by atoms with Gasteiger partial charge in [-0.15, -0.1) is 0 Å². The topological polar surface area (TPSA) is 41.1 Å². The van der Waals surface area contributed by atoms with Gasteiger partial charge >= 0.3 is 0 Å². The summed E-state index contributed by atoms with van der Waals surface area (Å²) in [5.74, 6) is 0.765. The summed E-state index contributed by atoms with van der Waals surface area (Å²) in [4.78, 5) is 12.0. The van der Waals surface area contributed by atoms with Gasteiger partial charge in [-0.05, 0) is 67.8 Å². The predicted molar refractivity (Wildman–Crippen MR) is 80.8 cm³/mol. The third kappa shape index (κ3) is 3.40. The van der Waals surface area contributed by atoms with E-state index in [0.717, 1.165) is 25.2 Å². The third-order valence-electron chi connectivity index (χ3n) is 4.51. The lowest BCUT2D eigenvalue weighted by atomic mass is 9.99. The molecule has 1 aromatic rings. The van der Waals surface area contributed by atoms with E-state index in [-0.39, 0.29) is 5.91 Å². The van der Waals surface area contributed by atoms with Gasteiger partial charge in [-0.1, -0.05) is 18.2 Å². The molecule has 108 valence electrons. The molecule has 20 heavy (non-hydrogen) atoms. The number of hydrogen-bond donors (Lipinski definition) is 2. The molecule has 0 bridgehead atoms. The molecular weight excluding hydrogens is 248 g/mol. The second kappa shape index (κ2) is 6.40. The van der Waals surface area contributed by atoms with Crippen LogP contribution in [0.25, 0.3) is 0 Å². The smallest absolute Gasteiger partial charge is 0.224 e. The molecule has 1 saturated heterocycles. The zero-order valence-corrected chi connectivity index (χ0v) is 12.1. The number of amides is 1. The van der Waals surface area contributed by atoms with Gasteiger partial charge in [0.2, 0.25) is 5.91 Å². The summed E-state index contributed by atoms with van der Waals surface area (Å²) >= 11 is 0. The Kier molecular flexibility index (Phi) is 4.36. The van der Waals surface area contributed by atoms with Crippen molar-refractivity contribution in [3.8, 4) is 0 Å². The van der Waals surface area contributed by atoms with Gasteiger partial charge < -0.3 is 10.6 Å². The standard InChI is InChI=1S/C17H24N2O/c20-17(19-12-14-3-2-8-18-11-14)10-13-6-7-15-4-1-5-16(15)9-13/h6-7,9,14,18H,1-5,8,10-12H2,(H,19,20)/t14-/m1/s1. The van der Waals surface area contributed by atoms with Crippen molar-refractivity contribution >= 4 is 5.91 Å². The fraction of sp³-hybridized carbons (Fsp3) is 0.588. The van der Waals surface area contributed by atoms with Gasteiger partial charge in [0.05, 0.1) is 6.42 Å². The Bertz CT molecular complexity index is 478. The highest BCUT2D eigenvalue weighted by atomic mass is 16.1. The minimum atomic E-state index is 0.161. The Labute approximate surface area is 121 Å². The molecule has 3 nitrogen and oxygen atoms in total. The van der Waals surface area contributed by atoms with Crippen LogP contribution in [0.4, 0.5) is 0 Å².